The van der Waals surface area contributed by atoms with Gasteiger partial charge >= 0.3 is 6.01 Å². The van der Waals surface area contributed by atoms with E-state index in [0.717, 1.165) is 47.1 Å². The molecule has 0 fully saturated rings. The summed E-state index contributed by atoms with van der Waals surface area (Å²) in [5.74, 6) is 0.759. The van der Waals surface area contributed by atoms with Gasteiger partial charge in [0.1, 0.15) is 11.6 Å². The summed E-state index contributed by atoms with van der Waals surface area (Å²) >= 11 is 0. The lowest BCUT2D eigenvalue weighted by molar-refractivity contribution is 0.290. The van der Waals surface area contributed by atoms with Crippen molar-refractivity contribution in [2.45, 2.75) is 32.7 Å². The first kappa shape index (κ1) is 17.4. The average Bonchev–Trinajstić information content (AvgIpc) is 2.66. The van der Waals surface area contributed by atoms with E-state index in [0.29, 0.717) is 18.4 Å². The van der Waals surface area contributed by atoms with Gasteiger partial charge in [-0.15, -0.1) is 0 Å². The van der Waals surface area contributed by atoms with Gasteiger partial charge in [-0.3, -0.25) is 0 Å². The maximum Gasteiger partial charge on any atom is 0.318 e. The number of phenols is 1. The largest absolute Gasteiger partial charge is 0.508 e. The Morgan fingerprint density at radius 2 is 2.07 bits per heavy atom. The first-order valence-corrected chi connectivity index (χ1v) is 9.36. The van der Waals surface area contributed by atoms with Crippen molar-refractivity contribution in [3.8, 4) is 11.8 Å². The fourth-order valence-corrected chi connectivity index (χ4v) is 3.77. The molecule has 2 aromatic carbocycles. The van der Waals surface area contributed by atoms with Gasteiger partial charge in [-0.1, -0.05) is 31.2 Å². The van der Waals surface area contributed by atoms with Gasteiger partial charge in [0.15, 0.2) is 0 Å². The van der Waals surface area contributed by atoms with Crippen LogP contribution in [0.3, 0.4) is 0 Å². The molecule has 1 aromatic heterocycles. The molecule has 6 nitrogen and oxygen atoms in total. The number of hydrogen-bond donors (Lipinski definition) is 2. The molecule has 1 aliphatic heterocycles. The smallest absolute Gasteiger partial charge is 0.318 e. The Hall–Kier alpha value is -3.02. The predicted octanol–water partition coefficient (Wildman–Crippen LogP) is 3.83. The Morgan fingerprint density at radius 3 is 2.89 bits per heavy atom. The van der Waals surface area contributed by atoms with Crippen LogP contribution < -0.4 is 15.4 Å². The average molecular weight is 364 g/mol. The Bertz CT molecular complexity index is 989. The van der Waals surface area contributed by atoms with Crippen LogP contribution in [0.25, 0.3) is 10.8 Å². The van der Waals surface area contributed by atoms with Crippen LogP contribution in [0.2, 0.25) is 0 Å². The number of anilines is 2. The lowest BCUT2D eigenvalue weighted by atomic mass is 9.97. The number of aromatic hydroxyl groups is 1. The molecule has 4 rings (SSSR count). The number of nitrogens with two attached hydrogens (primary N) is 1. The third-order valence-electron chi connectivity index (χ3n) is 5.09. The molecule has 2 heterocycles. The van der Waals surface area contributed by atoms with Crippen LogP contribution in [0.1, 0.15) is 37.6 Å². The molecule has 0 bridgehead atoms. The highest BCUT2D eigenvalue weighted by molar-refractivity contribution is 5.96. The summed E-state index contributed by atoms with van der Waals surface area (Å²) in [6, 6.07) is 12.0. The zero-order valence-electron chi connectivity index (χ0n) is 15.6. The van der Waals surface area contributed by atoms with E-state index < -0.39 is 0 Å². The maximum absolute atomic E-state index is 10.2. The van der Waals surface area contributed by atoms with E-state index in [1.807, 2.05) is 31.2 Å². The Kier molecular flexibility index (Phi) is 4.48. The van der Waals surface area contributed by atoms with E-state index in [4.69, 9.17) is 10.5 Å². The molecule has 1 aliphatic rings. The van der Waals surface area contributed by atoms with Gasteiger partial charge in [-0.05, 0) is 31.2 Å². The van der Waals surface area contributed by atoms with E-state index >= 15 is 0 Å². The highest BCUT2D eigenvalue weighted by Gasteiger charge is 2.29. The van der Waals surface area contributed by atoms with Gasteiger partial charge in [-0.2, -0.15) is 9.97 Å². The van der Waals surface area contributed by atoms with E-state index in [-0.39, 0.29) is 11.8 Å². The van der Waals surface area contributed by atoms with Crippen LogP contribution in [0.15, 0.2) is 36.4 Å². The molecule has 0 radical (unpaired) electrons. The lowest BCUT2D eigenvalue weighted by Crippen LogP contribution is -2.35. The predicted molar refractivity (Wildman–Crippen MR) is 107 cm³/mol. The van der Waals surface area contributed by atoms with Gasteiger partial charge < -0.3 is 20.5 Å². The molecule has 0 spiro atoms. The van der Waals surface area contributed by atoms with E-state index in [1.165, 1.54) is 0 Å². The minimum atomic E-state index is -0.00627. The first-order valence-electron chi connectivity index (χ1n) is 9.36. The van der Waals surface area contributed by atoms with Crippen molar-refractivity contribution in [3.05, 3.63) is 47.7 Å². The second kappa shape index (κ2) is 6.95. The Balaban J connectivity index is 1.78. The van der Waals surface area contributed by atoms with Crippen LogP contribution in [-0.4, -0.2) is 28.2 Å². The fourth-order valence-electron chi connectivity index (χ4n) is 3.77. The van der Waals surface area contributed by atoms with Crippen molar-refractivity contribution in [1.29, 1.82) is 0 Å². The molecule has 27 heavy (non-hydrogen) atoms. The van der Waals surface area contributed by atoms with E-state index in [2.05, 4.69) is 27.9 Å². The highest BCUT2D eigenvalue weighted by atomic mass is 16.5. The third-order valence-corrected chi connectivity index (χ3v) is 5.09. The number of ether oxygens (including phenoxy) is 1. The molecular weight excluding hydrogens is 340 g/mol. The van der Waals surface area contributed by atoms with Gasteiger partial charge in [0.05, 0.1) is 18.3 Å². The number of nitrogens with zero attached hydrogens (tertiary/aromatic N) is 3. The first-order chi connectivity index (χ1) is 13.1. The normalized spacial score (nSPS) is 16.4. The SMILES string of the molecule is CCCOc1nc(N)c2c(n1)C(C)N(c1cc(O)cc3ccccc13)CC2. The Morgan fingerprint density at radius 1 is 1.26 bits per heavy atom. The fraction of sp³-hybridized carbons (Fsp3) is 0.333. The zero-order valence-corrected chi connectivity index (χ0v) is 15.6. The number of benzene rings is 2. The summed E-state index contributed by atoms with van der Waals surface area (Å²) in [5.41, 5.74) is 9.07. The van der Waals surface area contributed by atoms with Crippen molar-refractivity contribution < 1.29 is 9.84 Å². The number of rotatable bonds is 4. The van der Waals surface area contributed by atoms with Gasteiger partial charge in [-0.25, -0.2) is 0 Å². The van der Waals surface area contributed by atoms with Crippen molar-refractivity contribution in [2.24, 2.45) is 0 Å². The number of hydrogen-bond acceptors (Lipinski definition) is 6. The van der Waals surface area contributed by atoms with Crippen molar-refractivity contribution in [2.75, 3.05) is 23.8 Å². The molecule has 0 saturated carbocycles. The standard InChI is InChI=1S/C21H24N4O2/c1-3-10-27-21-23-19-13(2)25(9-8-17(19)20(22)24-21)18-12-15(26)11-14-6-4-5-7-16(14)18/h4-7,11-13,26H,3,8-10H2,1-2H3,(H2,22,23,24). The van der Waals surface area contributed by atoms with Crippen LogP contribution >= 0.6 is 0 Å². The third kappa shape index (κ3) is 3.12. The van der Waals surface area contributed by atoms with Crippen LogP contribution in [0, 0.1) is 0 Å². The monoisotopic (exact) mass is 364 g/mol. The molecule has 3 N–H and O–H groups in total. The van der Waals surface area contributed by atoms with E-state index in [9.17, 15) is 5.11 Å². The summed E-state index contributed by atoms with van der Waals surface area (Å²) in [4.78, 5) is 11.2. The molecule has 140 valence electrons. The van der Waals surface area contributed by atoms with Crippen LogP contribution in [0.4, 0.5) is 11.5 Å². The molecule has 0 saturated heterocycles. The van der Waals surface area contributed by atoms with Crippen molar-refractivity contribution in [1.82, 2.24) is 9.97 Å². The summed E-state index contributed by atoms with van der Waals surface area (Å²) in [7, 11) is 0. The van der Waals surface area contributed by atoms with Crippen LogP contribution in [0.5, 0.6) is 11.8 Å². The summed E-state index contributed by atoms with van der Waals surface area (Å²) in [6.07, 6.45) is 1.64. The van der Waals surface area contributed by atoms with Crippen molar-refractivity contribution in [3.63, 3.8) is 0 Å². The maximum atomic E-state index is 10.2. The molecule has 0 aliphatic carbocycles. The number of phenolic OH excluding ortho intramolecular Hbond substituents is 1. The molecule has 6 heteroatoms. The molecule has 1 atom stereocenters. The topological polar surface area (TPSA) is 84.5 Å². The van der Waals surface area contributed by atoms with E-state index in [1.54, 1.807) is 6.07 Å². The van der Waals surface area contributed by atoms with Gasteiger partial charge in [0, 0.05) is 29.2 Å². The number of fused-ring (bicyclic) bond motifs is 2. The molecular formula is C21H24N4O2. The minimum absolute atomic E-state index is 0.00627. The summed E-state index contributed by atoms with van der Waals surface area (Å²) in [6.45, 7) is 5.49. The lowest BCUT2D eigenvalue weighted by Gasteiger charge is -2.37. The summed E-state index contributed by atoms with van der Waals surface area (Å²) < 4.78 is 5.62. The van der Waals surface area contributed by atoms with Gasteiger partial charge in [0.25, 0.3) is 0 Å². The second-order valence-electron chi connectivity index (χ2n) is 6.91. The van der Waals surface area contributed by atoms with Crippen LogP contribution in [-0.2, 0) is 6.42 Å². The quantitative estimate of drug-likeness (QED) is 0.732. The molecule has 3 aromatic rings. The van der Waals surface area contributed by atoms with Crippen molar-refractivity contribution >= 4 is 22.3 Å². The zero-order chi connectivity index (χ0) is 19.0. The number of aromatic nitrogens is 2. The van der Waals surface area contributed by atoms with Gasteiger partial charge in [0.2, 0.25) is 0 Å². The summed E-state index contributed by atoms with van der Waals surface area (Å²) in [5, 5.41) is 12.3. The minimum Gasteiger partial charge on any atom is -0.508 e. The second-order valence-corrected chi connectivity index (χ2v) is 6.91. The highest BCUT2D eigenvalue weighted by Crippen LogP contribution is 2.39. The number of nitrogen functional groups attached to an aromatic ring is 1. The Labute approximate surface area is 158 Å². The molecule has 1 unspecified atom stereocenters. The molecule has 0 amide bonds.